The second kappa shape index (κ2) is 7.70. The summed E-state index contributed by atoms with van der Waals surface area (Å²) in [6.07, 6.45) is 1.53. The monoisotopic (exact) mass is 332 g/mol. The molecule has 0 saturated carbocycles. The molecule has 0 saturated heterocycles. The molecule has 6 heteroatoms. The van der Waals surface area contributed by atoms with Crippen LogP contribution < -0.4 is 0 Å². The zero-order valence-corrected chi connectivity index (χ0v) is 16.2. The van der Waals surface area contributed by atoms with Crippen molar-refractivity contribution in [3.05, 3.63) is 12.2 Å². The van der Waals surface area contributed by atoms with E-state index in [9.17, 15) is 0 Å². The third kappa shape index (κ3) is 3.78. The minimum atomic E-state index is -1.82. The van der Waals surface area contributed by atoms with Crippen molar-refractivity contribution in [1.29, 1.82) is 0 Å². The Bertz CT molecular complexity index is 374. The van der Waals surface area contributed by atoms with Crippen LogP contribution in [0.5, 0.6) is 0 Å². The van der Waals surface area contributed by atoms with E-state index in [0.29, 0.717) is 19.2 Å². The first kappa shape index (κ1) is 19.3. The van der Waals surface area contributed by atoms with Crippen molar-refractivity contribution >= 4 is 8.32 Å². The standard InChI is InChI=1S/C16H32O5Si/c1-8-17-15(6)16(7,18-9-2)20-14(13-19-15)21-22(10-3,11-4)12-5/h13H,8-12H2,1-7H3. The van der Waals surface area contributed by atoms with Gasteiger partial charge in [-0.15, -0.1) is 0 Å². The Hall–Kier alpha value is -0.723. The van der Waals surface area contributed by atoms with Crippen LogP contribution in [0.3, 0.4) is 0 Å². The fraction of sp³-hybridized carbons (Fsp3) is 0.875. The maximum absolute atomic E-state index is 6.26. The Kier molecular flexibility index (Phi) is 6.77. The summed E-state index contributed by atoms with van der Waals surface area (Å²) < 4.78 is 29.7. The summed E-state index contributed by atoms with van der Waals surface area (Å²) in [6.45, 7) is 15.0. The van der Waals surface area contributed by atoms with Gasteiger partial charge in [0.15, 0.2) is 6.26 Å². The molecular formula is C16H32O5Si. The number of ether oxygens (including phenoxy) is 4. The van der Waals surface area contributed by atoms with Gasteiger partial charge in [-0.3, -0.25) is 0 Å². The van der Waals surface area contributed by atoms with E-state index in [4.69, 9.17) is 23.4 Å². The second-order valence-corrected chi connectivity index (χ2v) is 10.5. The lowest BCUT2D eigenvalue weighted by Gasteiger charge is -2.47. The Morgan fingerprint density at radius 2 is 1.41 bits per heavy atom. The summed E-state index contributed by atoms with van der Waals surface area (Å²) in [7, 11) is -1.82. The van der Waals surface area contributed by atoms with Crippen LogP contribution in [-0.4, -0.2) is 33.1 Å². The van der Waals surface area contributed by atoms with E-state index in [1.54, 1.807) is 0 Å². The molecule has 0 aromatic rings. The Labute approximate surface area is 136 Å². The average Bonchev–Trinajstić information content (AvgIpc) is 2.50. The molecule has 2 atom stereocenters. The Morgan fingerprint density at radius 3 is 1.86 bits per heavy atom. The molecule has 0 aliphatic carbocycles. The SMILES string of the molecule is CCOC1(C)OC=C(O[Si](CC)(CC)CC)OC1(C)OCC. The van der Waals surface area contributed by atoms with Crippen LogP contribution in [-0.2, 0) is 23.4 Å². The van der Waals surface area contributed by atoms with Crippen molar-refractivity contribution in [2.75, 3.05) is 13.2 Å². The maximum atomic E-state index is 6.26. The number of hydrogen-bond acceptors (Lipinski definition) is 5. The Balaban J connectivity index is 3.00. The summed E-state index contributed by atoms with van der Waals surface area (Å²) in [5.41, 5.74) is 0. The predicted molar refractivity (Wildman–Crippen MR) is 88.6 cm³/mol. The predicted octanol–water partition coefficient (Wildman–Crippen LogP) is 4.36. The van der Waals surface area contributed by atoms with E-state index in [1.165, 1.54) is 6.26 Å². The molecule has 0 N–H and O–H groups in total. The molecular weight excluding hydrogens is 300 g/mol. The van der Waals surface area contributed by atoms with E-state index >= 15 is 0 Å². The molecule has 0 spiro atoms. The fourth-order valence-electron chi connectivity index (χ4n) is 2.68. The summed E-state index contributed by atoms with van der Waals surface area (Å²) in [5.74, 6) is -1.64. The third-order valence-electron chi connectivity index (χ3n) is 4.59. The number of hydrogen-bond donors (Lipinski definition) is 0. The van der Waals surface area contributed by atoms with E-state index in [2.05, 4.69) is 20.8 Å². The minimum absolute atomic E-state index is 0.408. The van der Waals surface area contributed by atoms with Gasteiger partial charge in [0.05, 0.1) is 0 Å². The molecule has 5 nitrogen and oxygen atoms in total. The van der Waals surface area contributed by atoms with Crippen LogP contribution in [0.25, 0.3) is 0 Å². The molecule has 0 radical (unpaired) electrons. The molecule has 1 heterocycles. The highest BCUT2D eigenvalue weighted by atomic mass is 28.4. The van der Waals surface area contributed by atoms with E-state index in [0.717, 1.165) is 18.1 Å². The molecule has 1 aliphatic rings. The van der Waals surface area contributed by atoms with E-state index in [1.807, 2.05) is 27.7 Å². The molecule has 1 aliphatic heterocycles. The van der Waals surface area contributed by atoms with Crippen molar-refractivity contribution in [2.45, 2.75) is 78.2 Å². The molecule has 1 rings (SSSR count). The molecule has 0 fully saturated rings. The van der Waals surface area contributed by atoms with E-state index < -0.39 is 19.9 Å². The molecule has 0 aromatic heterocycles. The zero-order chi connectivity index (χ0) is 16.9. The maximum Gasteiger partial charge on any atom is 0.304 e. The first-order valence-corrected chi connectivity index (χ1v) is 10.9. The van der Waals surface area contributed by atoms with Gasteiger partial charge in [0.2, 0.25) is 0 Å². The van der Waals surface area contributed by atoms with Crippen LogP contribution in [0, 0.1) is 0 Å². The van der Waals surface area contributed by atoms with Gasteiger partial charge in [-0.2, -0.15) is 0 Å². The smallest absolute Gasteiger partial charge is 0.304 e. The van der Waals surface area contributed by atoms with Gasteiger partial charge in [-0.1, -0.05) is 20.8 Å². The fourth-order valence-corrected chi connectivity index (χ4v) is 5.13. The molecule has 130 valence electrons. The minimum Gasteiger partial charge on any atom is -0.517 e. The number of rotatable bonds is 9. The Morgan fingerprint density at radius 1 is 0.909 bits per heavy atom. The van der Waals surface area contributed by atoms with Crippen LogP contribution >= 0.6 is 0 Å². The van der Waals surface area contributed by atoms with Crippen molar-refractivity contribution in [2.24, 2.45) is 0 Å². The summed E-state index contributed by atoms with van der Waals surface area (Å²) in [5, 5.41) is 0. The molecule has 22 heavy (non-hydrogen) atoms. The van der Waals surface area contributed by atoms with Crippen molar-refractivity contribution in [3.63, 3.8) is 0 Å². The van der Waals surface area contributed by atoms with Gasteiger partial charge < -0.3 is 23.4 Å². The van der Waals surface area contributed by atoms with Crippen molar-refractivity contribution < 1.29 is 23.4 Å². The molecule has 0 bridgehead atoms. The van der Waals surface area contributed by atoms with Crippen LogP contribution in [0.2, 0.25) is 18.1 Å². The van der Waals surface area contributed by atoms with Crippen molar-refractivity contribution in [1.82, 2.24) is 0 Å². The van der Waals surface area contributed by atoms with E-state index in [-0.39, 0.29) is 0 Å². The first-order chi connectivity index (χ1) is 10.3. The summed E-state index contributed by atoms with van der Waals surface area (Å²) in [6, 6.07) is 3.11. The highest BCUT2D eigenvalue weighted by Gasteiger charge is 2.55. The van der Waals surface area contributed by atoms with Gasteiger partial charge in [0.25, 0.3) is 19.9 Å². The van der Waals surface area contributed by atoms with Gasteiger partial charge in [0, 0.05) is 27.1 Å². The molecule has 0 aromatic carbocycles. The van der Waals surface area contributed by atoms with Gasteiger partial charge in [0.1, 0.15) is 0 Å². The highest BCUT2D eigenvalue weighted by Crippen LogP contribution is 2.40. The normalized spacial score (nSPS) is 28.6. The zero-order valence-electron chi connectivity index (χ0n) is 15.2. The second-order valence-electron chi connectivity index (χ2n) is 5.76. The quantitative estimate of drug-likeness (QED) is 0.587. The lowest BCUT2D eigenvalue weighted by Crippen LogP contribution is -2.59. The highest BCUT2D eigenvalue weighted by molar-refractivity contribution is 6.73. The third-order valence-corrected chi connectivity index (χ3v) is 9.09. The van der Waals surface area contributed by atoms with Gasteiger partial charge in [-0.05, 0) is 32.0 Å². The van der Waals surface area contributed by atoms with Crippen LogP contribution in [0.15, 0.2) is 12.2 Å². The van der Waals surface area contributed by atoms with Crippen LogP contribution in [0.1, 0.15) is 48.5 Å². The average molecular weight is 333 g/mol. The van der Waals surface area contributed by atoms with Crippen LogP contribution in [0.4, 0.5) is 0 Å². The van der Waals surface area contributed by atoms with Crippen molar-refractivity contribution in [3.8, 4) is 0 Å². The van der Waals surface area contributed by atoms with Gasteiger partial charge >= 0.3 is 5.95 Å². The largest absolute Gasteiger partial charge is 0.517 e. The molecule has 0 amide bonds. The lowest BCUT2D eigenvalue weighted by atomic mass is 10.1. The first-order valence-electron chi connectivity index (χ1n) is 8.38. The molecule has 2 unspecified atom stereocenters. The van der Waals surface area contributed by atoms with Gasteiger partial charge in [-0.25, -0.2) is 0 Å². The lowest BCUT2D eigenvalue weighted by molar-refractivity contribution is -0.395. The topological polar surface area (TPSA) is 46.2 Å². The summed E-state index contributed by atoms with van der Waals surface area (Å²) in [4.78, 5) is 0. The summed E-state index contributed by atoms with van der Waals surface area (Å²) >= 11 is 0.